The summed E-state index contributed by atoms with van der Waals surface area (Å²) in [6, 6.07) is 0.784. The minimum Gasteiger partial charge on any atom is -0.314 e. The molecule has 2 aliphatic carbocycles. The maximum atomic E-state index is 3.67. The Morgan fingerprint density at radius 1 is 1.08 bits per heavy atom. The predicted molar refractivity (Wildman–Crippen MR) is 52.1 cm³/mol. The molecular weight excluding hydrogens is 146 g/mol. The normalized spacial score (nSPS) is 28.5. The first kappa shape index (κ1) is 8.55. The number of nitrogens with one attached hydrogen (secondary N) is 1. The highest BCUT2D eigenvalue weighted by Crippen LogP contribution is 2.37. The van der Waals surface area contributed by atoms with Gasteiger partial charge in [-0.1, -0.05) is 6.92 Å². The van der Waals surface area contributed by atoms with Crippen molar-refractivity contribution in [3.63, 3.8) is 0 Å². The summed E-state index contributed by atoms with van der Waals surface area (Å²) in [6.07, 6.45) is 5.90. The summed E-state index contributed by atoms with van der Waals surface area (Å²) in [5.41, 5.74) is 0. The molecule has 0 aromatic carbocycles. The SMILES string of the molecule is CC(CNC(C)C1CC1)C1CC1. The Kier molecular flexibility index (Phi) is 2.40. The maximum absolute atomic E-state index is 3.67. The van der Waals surface area contributed by atoms with E-state index >= 15 is 0 Å². The zero-order valence-corrected chi connectivity index (χ0v) is 8.34. The van der Waals surface area contributed by atoms with Crippen LogP contribution in [0.1, 0.15) is 39.5 Å². The summed E-state index contributed by atoms with van der Waals surface area (Å²) >= 11 is 0. The number of hydrogen-bond acceptors (Lipinski definition) is 1. The topological polar surface area (TPSA) is 12.0 Å². The molecular formula is C11H21N. The van der Waals surface area contributed by atoms with E-state index in [0.29, 0.717) is 0 Å². The molecule has 2 atom stereocenters. The predicted octanol–water partition coefficient (Wildman–Crippen LogP) is 2.42. The van der Waals surface area contributed by atoms with Gasteiger partial charge in [-0.25, -0.2) is 0 Å². The Bertz CT molecular complexity index is 129. The van der Waals surface area contributed by atoms with Crippen molar-refractivity contribution in [3.05, 3.63) is 0 Å². The standard InChI is InChI=1S/C11H21N/c1-8(10-3-4-10)7-12-9(2)11-5-6-11/h8-12H,3-7H2,1-2H3. The van der Waals surface area contributed by atoms with Crippen molar-refractivity contribution >= 4 is 0 Å². The third-order valence-electron chi connectivity index (χ3n) is 3.52. The van der Waals surface area contributed by atoms with Gasteiger partial charge in [0.25, 0.3) is 0 Å². The lowest BCUT2D eigenvalue weighted by atomic mass is 10.1. The van der Waals surface area contributed by atoms with Gasteiger partial charge in [0.05, 0.1) is 0 Å². The van der Waals surface area contributed by atoms with Crippen molar-refractivity contribution in [3.8, 4) is 0 Å². The van der Waals surface area contributed by atoms with Gasteiger partial charge in [0.1, 0.15) is 0 Å². The first-order chi connectivity index (χ1) is 5.77. The first-order valence-corrected chi connectivity index (χ1v) is 5.50. The van der Waals surface area contributed by atoms with E-state index in [1.54, 1.807) is 0 Å². The maximum Gasteiger partial charge on any atom is 0.00671 e. The van der Waals surface area contributed by atoms with E-state index in [1.807, 2.05) is 0 Å². The summed E-state index contributed by atoms with van der Waals surface area (Å²) in [4.78, 5) is 0. The van der Waals surface area contributed by atoms with E-state index in [4.69, 9.17) is 0 Å². The molecule has 2 fully saturated rings. The molecule has 0 saturated heterocycles. The third kappa shape index (κ3) is 2.22. The van der Waals surface area contributed by atoms with Gasteiger partial charge >= 0.3 is 0 Å². The van der Waals surface area contributed by atoms with Crippen LogP contribution in [-0.2, 0) is 0 Å². The zero-order chi connectivity index (χ0) is 8.55. The van der Waals surface area contributed by atoms with Gasteiger partial charge in [-0.05, 0) is 56.9 Å². The average Bonchev–Trinajstić information content (AvgIpc) is 2.91. The van der Waals surface area contributed by atoms with Crippen molar-refractivity contribution in [1.29, 1.82) is 0 Å². The minimum atomic E-state index is 0.784. The highest BCUT2D eigenvalue weighted by atomic mass is 14.9. The third-order valence-corrected chi connectivity index (χ3v) is 3.52. The Hall–Kier alpha value is -0.0400. The molecule has 2 aliphatic rings. The summed E-state index contributed by atoms with van der Waals surface area (Å²) in [5, 5.41) is 3.67. The first-order valence-electron chi connectivity index (χ1n) is 5.50. The summed E-state index contributed by atoms with van der Waals surface area (Å²) in [5.74, 6) is 2.99. The fraction of sp³-hybridized carbons (Fsp3) is 1.00. The quantitative estimate of drug-likeness (QED) is 0.663. The lowest BCUT2D eigenvalue weighted by Gasteiger charge is -2.16. The van der Waals surface area contributed by atoms with E-state index in [9.17, 15) is 0 Å². The molecule has 0 radical (unpaired) electrons. The average molecular weight is 167 g/mol. The van der Waals surface area contributed by atoms with Crippen LogP contribution >= 0.6 is 0 Å². The minimum absolute atomic E-state index is 0.784. The van der Waals surface area contributed by atoms with Crippen LogP contribution in [0, 0.1) is 17.8 Å². The Labute approximate surface area is 75.9 Å². The van der Waals surface area contributed by atoms with Crippen LogP contribution in [-0.4, -0.2) is 12.6 Å². The van der Waals surface area contributed by atoms with Crippen LogP contribution in [0.15, 0.2) is 0 Å². The Balaban J connectivity index is 1.59. The van der Waals surface area contributed by atoms with Crippen molar-refractivity contribution in [1.82, 2.24) is 5.32 Å². The highest BCUT2D eigenvalue weighted by Gasteiger charge is 2.30. The molecule has 12 heavy (non-hydrogen) atoms. The smallest absolute Gasteiger partial charge is 0.00671 e. The molecule has 0 aromatic rings. The van der Waals surface area contributed by atoms with Crippen molar-refractivity contribution in [2.45, 2.75) is 45.6 Å². The van der Waals surface area contributed by atoms with E-state index in [1.165, 1.54) is 32.2 Å². The van der Waals surface area contributed by atoms with Crippen LogP contribution in [0.4, 0.5) is 0 Å². The second-order valence-electron chi connectivity index (χ2n) is 4.85. The van der Waals surface area contributed by atoms with E-state index < -0.39 is 0 Å². The van der Waals surface area contributed by atoms with Gasteiger partial charge in [-0.2, -0.15) is 0 Å². The monoisotopic (exact) mass is 167 g/mol. The van der Waals surface area contributed by atoms with Gasteiger partial charge in [-0.15, -0.1) is 0 Å². The molecule has 2 unspecified atom stereocenters. The second kappa shape index (κ2) is 3.37. The molecule has 0 heterocycles. The lowest BCUT2D eigenvalue weighted by molar-refractivity contribution is 0.407. The molecule has 0 amide bonds. The van der Waals surface area contributed by atoms with Crippen LogP contribution in [0.25, 0.3) is 0 Å². The van der Waals surface area contributed by atoms with Crippen molar-refractivity contribution < 1.29 is 0 Å². The molecule has 70 valence electrons. The van der Waals surface area contributed by atoms with Crippen LogP contribution in [0.3, 0.4) is 0 Å². The summed E-state index contributed by atoms with van der Waals surface area (Å²) < 4.78 is 0. The molecule has 0 bridgehead atoms. The molecule has 2 saturated carbocycles. The number of rotatable bonds is 5. The van der Waals surface area contributed by atoms with Gasteiger partial charge in [0.2, 0.25) is 0 Å². The molecule has 0 spiro atoms. The van der Waals surface area contributed by atoms with E-state index in [0.717, 1.165) is 23.8 Å². The van der Waals surface area contributed by atoms with Gasteiger partial charge in [-0.3, -0.25) is 0 Å². The number of hydrogen-bond donors (Lipinski definition) is 1. The van der Waals surface area contributed by atoms with Gasteiger partial charge in [0, 0.05) is 6.04 Å². The van der Waals surface area contributed by atoms with Crippen LogP contribution < -0.4 is 5.32 Å². The Morgan fingerprint density at radius 2 is 1.67 bits per heavy atom. The molecule has 1 N–H and O–H groups in total. The molecule has 0 aliphatic heterocycles. The Morgan fingerprint density at radius 3 is 2.17 bits per heavy atom. The highest BCUT2D eigenvalue weighted by molar-refractivity contribution is 4.85. The van der Waals surface area contributed by atoms with Crippen molar-refractivity contribution in [2.24, 2.45) is 17.8 Å². The fourth-order valence-corrected chi connectivity index (χ4v) is 1.97. The van der Waals surface area contributed by atoms with Crippen molar-refractivity contribution in [2.75, 3.05) is 6.54 Å². The fourth-order valence-electron chi connectivity index (χ4n) is 1.97. The second-order valence-corrected chi connectivity index (χ2v) is 4.85. The van der Waals surface area contributed by atoms with Gasteiger partial charge in [0.15, 0.2) is 0 Å². The molecule has 1 nitrogen and oxygen atoms in total. The van der Waals surface area contributed by atoms with Crippen LogP contribution in [0.5, 0.6) is 0 Å². The zero-order valence-electron chi connectivity index (χ0n) is 8.34. The molecule has 1 heteroatoms. The van der Waals surface area contributed by atoms with Gasteiger partial charge < -0.3 is 5.32 Å². The largest absolute Gasteiger partial charge is 0.314 e. The summed E-state index contributed by atoms with van der Waals surface area (Å²) in [6.45, 7) is 5.99. The summed E-state index contributed by atoms with van der Waals surface area (Å²) in [7, 11) is 0. The lowest BCUT2D eigenvalue weighted by Crippen LogP contribution is -2.32. The van der Waals surface area contributed by atoms with E-state index in [-0.39, 0.29) is 0 Å². The molecule has 0 aromatic heterocycles. The van der Waals surface area contributed by atoms with Crippen LogP contribution in [0.2, 0.25) is 0 Å². The molecule has 2 rings (SSSR count). The van der Waals surface area contributed by atoms with E-state index in [2.05, 4.69) is 19.2 Å².